The third kappa shape index (κ3) is 2.02. The molecule has 0 radical (unpaired) electrons. The van der Waals surface area contributed by atoms with Crippen molar-refractivity contribution in [1.82, 2.24) is 4.98 Å². The molecule has 1 aromatic rings. The molecular weight excluding hydrogens is 263 g/mol. The van der Waals surface area contributed by atoms with Crippen molar-refractivity contribution in [1.29, 1.82) is 0 Å². The van der Waals surface area contributed by atoms with Gasteiger partial charge in [0.2, 0.25) is 0 Å². The maximum atomic E-state index is 10.7. The summed E-state index contributed by atoms with van der Waals surface area (Å²) in [4.78, 5) is 24.1. The molecule has 0 amide bonds. The Morgan fingerprint density at radius 2 is 2.31 bits per heavy atom. The first-order valence-electron chi connectivity index (χ1n) is 3.02. The maximum Gasteiger partial charge on any atom is 0.314 e. The predicted molar refractivity (Wildman–Crippen MR) is 48.8 cm³/mol. The van der Waals surface area contributed by atoms with Crippen LogP contribution in [-0.2, 0) is 0 Å². The Hall–Kier alpha value is -1.01. The van der Waals surface area contributed by atoms with Gasteiger partial charge in [-0.3, -0.25) is 14.9 Å². The Kier molecular flexibility index (Phi) is 2.94. The lowest BCUT2D eigenvalue weighted by Crippen LogP contribution is -2.00. The molecule has 68 valence electrons. The van der Waals surface area contributed by atoms with E-state index in [1.807, 2.05) is 0 Å². The summed E-state index contributed by atoms with van der Waals surface area (Å²) >= 11 is 7.98. The van der Waals surface area contributed by atoms with Crippen LogP contribution in [0, 0.1) is 10.1 Å². The number of hydrogen-bond donors (Lipinski definition) is 0. The molecule has 0 N–H and O–H groups in total. The zero-order valence-electron chi connectivity index (χ0n) is 6.03. The molecule has 0 atom stereocenters. The lowest BCUT2D eigenvalue weighted by molar-refractivity contribution is -0.386. The zero-order valence-corrected chi connectivity index (χ0v) is 8.37. The fourth-order valence-corrected chi connectivity index (χ4v) is 1.39. The van der Waals surface area contributed by atoms with Crippen molar-refractivity contribution in [3.8, 4) is 0 Å². The lowest BCUT2D eigenvalue weighted by atomic mass is 10.2. The van der Waals surface area contributed by atoms with Crippen molar-refractivity contribution in [3.63, 3.8) is 0 Å². The van der Waals surface area contributed by atoms with Crippen molar-refractivity contribution in [2.45, 2.75) is 0 Å². The predicted octanol–water partition coefficient (Wildman–Crippen LogP) is 2.13. The van der Waals surface area contributed by atoms with Gasteiger partial charge in [-0.15, -0.1) is 0 Å². The second kappa shape index (κ2) is 3.80. The molecule has 5 nitrogen and oxygen atoms in total. The second-order valence-electron chi connectivity index (χ2n) is 2.03. The first kappa shape index (κ1) is 10.1. The largest absolute Gasteiger partial charge is 0.314 e. The van der Waals surface area contributed by atoms with Gasteiger partial charge >= 0.3 is 5.69 Å². The normalized spacial score (nSPS) is 9.69. The van der Waals surface area contributed by atoms with Gasteiger partial charge in [0.1, 0.15) is 5.56 Å². The molecule has 0 fully saturated rings. The number of aromatic nitrogens is 1. The van der Waals surface area contributed by atoms with Crippen LogP contribution in [0.2, 0.25) is 0 Å². The molecule has 0 aliphatic rings. The molecule has 0 spiro atoms. The third-order valence-corrected chi connectivity index (χ3v) is 2.06. The Bertz CT molecular complexity index is 382. The minimum absolute atomic E-state index is 0.0102. The molecule has 1 aromatic heterocycles. The van der Waals surface area contributed by atoms with Crippen LogP contribution >= 0.6 is 27.5 Å². The highest BCUT2D eigenvalue weighted by Gasteiger charge is 2.22. The summed E-state index contributed by atoms with van der Waals surface area (Å²) < 4.78 is -0.0102. The number of pyridine rings is 1. The van der Waals surface area contributed by atoms with Gasteiger partial charge in [-0.05, 0) is 33.6 Å². The van der Waals surface area contributed by atoms with Crippen molar-refractivity contribution in [2.75, 3.05) is 0 Å². The molecule has 0 aliphatic heterocycles. The van der Waals surface area contributed by atoms with E-state index >= 15 is 0 Å². The highest BCUT2D eigenvalue weighted by atomic mass is 79.9. The van der Waals surface area contributed by atoms with E-state index in [0.29, 0.717) is 0 Å². The molecule has 7 heteroatoms. The van der Waals surface area contributed by atoms with Gasteiger partial charge in [0, 0.05) is 6.20 Å². The number of carbonyl (C=O) groups is 1. The average molecular weight is 265 g/mol. The molecule has 13 heavy (non-hydrogen) atoms. The smallest absolute Gasteiger partial charge is 0.275 e. The SMILES string of the molecule is O=C(Cl)c1ccnc(Br)c1[N+](=O)[O-]. The molecular formula is C6H2BrClN2O3. The van der Waals surface area contributed by atoms with Crippen LogP contribution in [0.25, 0.3) is 0 Å². The van der Waals surface area contributed by atoms with Gasteiger partial charge in [0.05, 0.1) is 4.92 Å². The van der Waals surface area contributed by atoms with E-state index in [9.17, 15) is 14.9 Å². The first-order chi connectivity index (χ1) is 6.04. The van der Waals surface area contributed by atoms with Crippen LogP contribution in [0.1, 0.15) is 10.4 Å². The van der Waals surface area contributed by atoms with E-state index in [1.54, 1.807) is 0 Å². The maximum absolute atomic E-state index is 10.7. The molecule has 0 aliphatic carbocycles. The number of carbonyl (C=O) groups excluding carboxylic acids is 1. The van der Waals surface area contributed by atoms with E-state index in [2.05, 4.69) is 20.9 Å². The van der Waals surface area contributed by atoms with Gasteiger partial charge in [0.15, 0.2) is 4.60 Å². The van der Waals surface area contributed by atoms with Crippen molar-refractivity contribution in [3.05, 3.63) is 32.5 Å². The molecule has 0 unspecified atom stereocenters. The van der Waals surface area contributed by atoms with Gasteiger partial charge in [-0.1, -0.05) is 0 Å². The van der Waals surface area contributed by atoms with Crippen LogP contribution in [0.4, 0.5) is 5.69 Å². The van der Waals surface area contributed by atoms with Crippen LogP contribution in [0.3, 0.4) is 0 Å². The third-order valence-electron chi connectivity index (χ3n) is 1.27. The molecule has 1 rings (SSSR count). The summed E-state index contributed by atoms with van der Waals surface area (Å²) in [5, 5.41) is 9.59. The summed E-state index contributed by atoms with van der Waals surface area (Å²) in [5.41, 5.74) is -0.587. The topological polar surface area (TPSA) is 73.1 Å². The number of nitrogens with zero attached hydrogens (tertiary/aromatic N) is 2. The summed E-state index contributed by atoms with van der Waals surface area (Å²) in [5.74, 6) is 0. The Morgan fingerprint density at radius 3 is 2.69 bits per heavy atom. The van der Waals surface area contributed by atoms with Gasteiger partial charge < -0.3 is 0 Å². The quantitative estimate of drug-likeness (QED) is 0.355. The number of hydrogen-bond acceptors (Lipinski definition) is 4. The molecule has 0 saturated heterocycles. The Labute approximate surface area is 86.0 Å². The number of halogens is 2. The summed E-state index contributed by atoms with van der Waals surface area (Å²) in [6, 6.07) is 1.19. The summed E-state index contributed by atoms with van der Waals surface area (Å²) in [6.07, 6.45) is 1.26. The van der Waals surface area contributed by atoms with Crippen LogP contribution in [0.15, 0.2) is 16.9 Å². The highest BCUT2D eigenvalue weighted by molar-refractivity contribution is 9.10. The van der Waals surface area contributed by atoms with Crippen LogP contribution < -0.4 is 0 Å². The van der Waals surface area contributed by atoms with Crippen molar-refractivity contribution < 1.29 is 9.72 Å². The number of nitro groups is 1. The van der Waals surface area contributed by atoms with E-state index in [0.717, 1.165) is 0 Å². The lowest BCUT2D eigenvalue weighted by Gasteiger charge is -1.97. The first-order valence-corrected chi connectivity index (χ1v) is 4.20. The van der Waals surface area contributed by atoms with E-state index in [4.69, 9.17) is 11.6 Å². The van der Waals surface area contributed by atoms with Gasteiger partial charge in [-0.25, -0.2) is 4.98 Å². The fraction of sp³-hybridized carbons (Fsp3) is 0. The summed E-state index contributed by atoms with van der Waals surface area (Å²) in [7, 11) is 0. The van der Waals surface area contributed by atoms with Gasteiger partial charge in [0.25, 0.3) is 5.24 Å². The summed E-state index contributed by atoms with van der Waals surface area (Å²) in [6.45, 7) is 0. The zero-order chi connectivity index (χ0) is 10.0. The standard InChI is InChI=1S/C6H2BrClN2O3/c7-5-4(10(12)13)3(6(8)11)1-2-9-5/h1-2H. The van der Waals surface area contributed by atoms with Crippen molar-refractivity contribution in [2.24, 2.45) is 0 Å². The highest BCUT2D eigenvalue weighted by Crippen LogP contribution is 2.27. The van der Waals surface area contributed by atoms with Crippen molar-refractivity contribution >= 4 is 38.5 Å². The van der Waals surface area contributed by atoms with Crippen LogP contribution in [-0.4, -0.2) is 15.1 Å². The van der Waals surface area contributed by atoms with E-state index < -0.39 is 15.9 Å². The number of rotatable bonds is 2. The Balaban J connectivity index is 3.43. The molecule has 1 heterocycles. The average Bonchev–Trinajstić information content (AvgIpc) is 2.02. The van der Waals surface area contributed by atoms with E-state index in [1.165, 1.54) is 12.3 Å². The van der Waals surface area contributed by atoms with Gasteiger partial charge in [-0.2, -0.15) is 0 Å². The second-order valence-corrected chi connectivity index (χ2v) is 3.12. The Morgan fingerprint density at radius 1 is 1.69 bits per heavy atom. The monoisotopic (exact) mass is 264 g/mol. The molecule has 0 bridgehead atoms. The van der Waals surface area contributed by atoms with E-state index in [-0.39, 0.29) is 10.2 Å². The molecule has 0 aromatic carbocycles. The minimum atomic E-state index is -0.880. The minimum Gasteiger partial charge on any atom is -0.275 e. The molecule has 0 saturated carbocycles. The fourth-order valence-electron chi connectivity index (χ4n) is 0.761. The van der Waals surface area contributed by atoms with Crippen LogP contribution in [0.5, 0.6) is 0 Å².